The largest absolute Gasteiger partial charge is 0.480 e. The van der Waals surface area contributed by atoms with Crippen molar-refractivity contribution in [3.05, 3.63) is 48.0 Å². The standard InChI is InChI=1S/C26H41NO3S2/c1-5-20(18-31)11-12-22(19(2)3)13-14-23(17-21-9-7-6-8-10-21)25(28)27-24(26(29)30)15-16-32-4/h6-12,19-20,22-24,31H,5,13-18H2,1-4H3,(H,27,28)(H,29,30)/t20?,22?,23?,24-/m0/s1. The van der Waals surface area contributed by atoms with Crippen LogP contribution in [0.5, 0.6) is 0 Å². The van der Waals surface area contributed by atoms with Crippen LogP contribution in [0.25, 0.3) is 0 Å². The van der Waals surface area contributed by atoms with Crippen LogP contribution < -0.4 is 5.32 Å². The lowest BCUT2D eigenvalue weighted by Crippen LogP contribution is -2.44. The van der Waals surface area contributed by atoms with Gasteiger partial charge in [0.05, 0.1) is 0 Å². The molecule has 3 unspecified atom stereocenters. The third kappa shape index (κ3) is 11.0. The van der Waals surface area contributed by atoms with Gasteiger partial charge in [-0.25, -0.2) is 4.79 Å². The van der Waals surface area contributed by atoms with Gasteiger partial charge in [-0.1, -0.05) is 63.3 Å². The molecular weight excluding hydrogens is 438 g/mol. The molecule has 0 aromatic heterocycles. The van der Waals surface area contributed by atoms with Crippen LogP contribution in [0, 0.1) is 23.7 Å². The fourth-order valence-corrected chi connectivity index (χ4v) is 4.53. The van der Waals surface area contributed by atoms with Crippen LogP contribution in [0.2, 0.25) is 0 Å². The summed E-state index contributed by atoms with van der Waals surface area (Å²) in [7, 11) is 0. The number of hydrogen-bond donors (Lipinski definition) is 3. The van der Waals surface area contributed by atoms with Gasteiger partial charge in [-0.2, -0.15) is 24.4 Å². The number of nitrogens with one attached hydrogen (secondary N) is 1. The number of carbonyl (C=O) groups is 2. The number of carbonyl (C=O) groups excluding carboxylic acids is 1. The Labute approximate surface area is 204 Å². The molecule has 1 aromatic rings. The highest BCUT2D eigenvalue weighted by molar-refractivity contribution is 7.98. The van der Waals surface area contributed by atoms with Gasteiger partial charge in [-0.3, -0.25) is 4.79 Å². The Hall–Kier alpha value is -1.40. The average molecular weight is 480 g/mol. The van der Waals surface area contributed by atoms with E-state index in [-0.39, 0.29) is 11.8 Å². The Balaban J connectivity index is 2.94. The lowest BCUT2D eigenvalue weighted by molar-refractivity contribution is -0.142. The van der Waals surface area contributed by atoms with Crippen LogP contribution in [0.15, 0.2) is 42.5 Å². The smallest absolute Gasteiger partial charge is 0.326 e. The molecule has 0 saturated heterocycles. The molecule has 2 N–H and O–H groups in total. The maximum Gasteiger partial charge on any atom is 0.326 e. The Morgan fingerprint density at radius 2 is 1.81 bits per heavy atom. The number of thioether (sulfide) groups is 1. The summed E-state index contributed by atoms with van der Waals surface area (Å²) in [5.74, 6) is 1.47. The van der Waals surface area contributed by atoms with Crippen LogP contribution in [0.3, 0.4) is 0 Å². The maximum atomic E-state index is 13.2. The highest BCUT2D eigenvalue weighted by Crippen LogP contribution is 2.25. The number of benzene rings is 1. The molecule has 4 nitrogen and oxygen atoms in total. The van der Waals surface area contributed by atoms with Gasteiger partial charge in [0.25, 0.3) is 0 Å². The fourth-order valence-electron chi connectivity index (χ4n) is 3.68. The van der Waals surface area contributed by atoms with Crippen molar-refractivity contribution in [2.24, 2.45) is 23.7 Å². The van der Waals surface area contributed by atoms with E-state index in [0.29, 0.717) is 36.3 Å². The molecule has 4 atom stereocenters. The molecule has 0 aliphatic rings. The second kappa shape index (κ2) is 16.2. The van der Waals surface area contributed by atoms with Crippen molar-refractivity contribution in [2.45, 2.75) is 58.9 Å². The summed E-state index contributed by atoms with van der Waals surface area (Å²) in [6.45, 7) is 6.60. The first-order chi connectivity index (χ1) is 15.3. The molecule has 0 heterocycles. The van der Waals surface area contributed by atoms with Crippen LogP contribution in [-0.4, -0.2) is 40.8 Å². The molecular formula is C26H41NO3S2. The number of allylic oxidation sites excluding steroid dienone is 2. The highest BCUT2D eigenvalue weighted by Gasteiger charge is 2.26. The first kappa shape index (κ1) is 28.6. The van der Waals surface area contributed by atoms with Crippen molar-refractivity contribution < 1.29 is 14.7 Å². The van der Waals surface area contributed by atoms with Gasteiger partial charge in [0.1, 0.15) is 6.04 Å². The third-order valence-electron chi connectivity index (χ3n) is 6.02. The SMILES string of the molecule is CCC(C=CC(CCC(Cc1ccccc1)C(=O)N[C@@H](CCSC)C(=O)O)C(C)C)CS. The molecule has 0 saturated carbocycles. The summed E-state index contributed by atoms with van der Waals surface area (Å²) in [6.07, 6.45) is 10.2. The van der Waals surface area contributed by atoms with Crippen LogP contribution >= 0.6 is 24.4 Å². The molecule has 0 fully saturated rings. The number of carboxylic acids is 1. The predicted octanol–water partition coefficient (Wildman–Crippen LogP) is 5.73. The summed E-state index contributed by atoms with van der Waals surface area (Å²) in [5.41, 5.74) is 1.10. The average Bonchev–Trinajstić information content (AvgIpc) is 2.78. The number of carboxylic acid groups (broad SMARTS) is 1. The Morgan fingerprint density at radius 1 is 1.12 bits per heavy atom. The quantitative estimate of drug-likeness (QED) is 0.209. The van der Waals surface area contributed by atoms with Crippen molar-refractivity contribution in [3.63, 3.8) is 0 Å². The third-order valence-corrected chi connectivity index (χ3v) is 7.13. The Kier molecular flexibility index (Phi) is 14.5. The number of rotatable bonds is 16. The van der Waals surface area contributed by atoms with E-state index < -0.39 is 12.0 Å². The van der Waals surface area contributed by atoms with E-state index in [1.807, 2.05) is 36.6 Å². The van der Waals surface area contributed by atoms with Crippen molar-refractivity contribution in [2.75, 3.05) is 17.8 Å². The predicted molar refractivity (Wildman–Crippen MR) is 141 cm³/mol. The second-order valence-corrected chi connectivity index (χ2v) is 10.1. The molecule has 0 aliphatic carbocycles. The topological polar surface area (TPSA) is 66.4 Å². The number of hydrogen-bond acceptors (Lipinski definition) is 4. The van der Waals surface area contributed by atoms with Gasteiger partial charge in [-0.15, -0.1) is 0 Å². The van der Waals surface area contributed by atoms with E-state index in [1.54, 1.807) is 11.8 Å². The number of thiol groups is 1. The van der Waals surface area contributed by atoms with Gasteiger partial charge in [0.15, 0.2) is 0 Å². The number of amides is 1. The van der Waals surface area contributed by atoms with Crippen molar-refractivity contribution in [1.29, 1.82) is 0 Å². The van der Waals surface area contributed by atoms with Gasteiger partial charge < -0.3 is 10.4 Å². The summed E-state index contributed by atoms with van der Waals surface area (Å²) in [4.78, 5) is 24.8. The first-order valence-electron chi connectivity index (χ1n) is 11.7. The normalized spacial score (nSPS) is 15.4. The van der Waals surface area contributed by atoms with Crippen molar-refractivity contribution in [3.8, 4) is 0 Å². The zero-order valence-electron chi connectivity index (χ0n) is 20.0. The molecule has 0 spiro atoms. The fraction of sp³-hybridized carbons (Fsp3) is 0.615. The van der Waals surface area contributed by atoms with E-state index >= 15 is 0 Å². The molecule has 32 heavy (non-hydrogen) atoms. The molecule has 0 bridgehead atoms. The molecule has 0 radical (unpaired) electrons. The minimum Gasteiger partial charge on any atom is -0.480 e. The summed E-state index contributed by atoms with van der Waals surface area (Å²) >= 11 is 6.02. The van der Waals surface area contributed by atoms with Gasteiger partial charge >= 0.3 is 5.97 Å². The van der Waals surface area contributed by atoms with Gasteiger partial charge in [0, 0.05) is 5.92 Å². The Morgan fingerprint density at radius 3 is 2.34 bits per heavy atom. The lowest BCUT2D eigenvalue weighted by Gasteiger charge is -2.24. The summed E-state index contributed by atoms with van der Waals surface area (Å²) in [6, 6.07) is 9.14. The molecule has 1 aromatic carbocycles. The molecule has 180 valence electrons. The van der Waals surface area contributed by atoms with Gasteiger partial charge in [-0.05, 0) is 73.2 Å². The maximum absolute atomic E-state index is 13.2. The molecule has 1 amide bonds. The van der Waals surface area contributed by atoms with E-state index in [0.717, 1.165) is 30.6 Å². The van der Waals surface area contributed by atoms with E-state index in [2.05, 4.69) is 50.9 Å². The van der Waals surface area contributed by atoms with Crippen molar-refractivity contribution >= 4 is 36.3 Å². The monoisotopic (exact) mass is 479 g/mol. The zero-order valence-corrected chi connectivity index (χ0v) is 21.7. The minimum atomic E-state index is -0.966. The first-order valence-corrected chi connectivity index (χ1v) is 13.7. The zero-order chi connectivity index (χ0) is 23.9. The van der Waals surface area contributed by atoms with Gasteiger partial charge in [0.2, 0.25) is 5.91 Å². The van der Waals surface area contributed by atoms with Crippen LogP contribution in [-0.2, 0) is 16.0 Å². The van der Waals surface area contributed by atoms with Crippen molar-refractivity contribution in [1.82, 2.24) is 5.32 Å². The highest BCUT2D eigenvalue weighted by atomic mass is 32.2. The molecule has 0 aliphatic heterocycles. The minimum absolute atomic E-state index is 0.157. The van der Waals surface area contributed by atoms with Crippen LogP contribution in [0.1, 0.15) is 52.0 Å². The number of aliphatic carboxylic acids is 1. The summed E-state index contributed by atoms with van der Waals surface area (Å²) in [5, 5.41) is 12.4. The Bertz CT molecular complexity index is 690. The van der Waals surface area contributed by atoms with E-state index in [4.69, 9.17) is 0 Å². The van der Waals surface area contributed by atoms with Crippen LogP contribution in [0.4, 0.5) is 0 Å². The molecule has 6 heteroatoms. The van der Waals surface area contributed by atoms with E-state index in [1.165, 1.54) is 0 Å². The molecule has 1 rings (SSSR count). The van der Waals surface area contributed by atoms with E-state index in [9.17, 15) is 14.7 Å². The lowest BCUT2D eigenvalue weighted by atomic mass is 9.84. The second-order valence-electron chi connectivity index (χ2n) is 8.79. The summed E-state index contributed by atoms with van der Waals surface area (Å²) < 4.78 is 0.